The fraction of sp³-hybridized carbons (Fsp3) is 1.00. The maximum absolute atomic E-state index is 11.4. The van der Waals surface area contributed by atoms with Gasteiger partial charge in [-0.3, -0.25) is 8.37 Å². The van der Waals surface area contributed by atoms with E-state index in [1.807, 2.05) is 0 Å². The van der Waals surface area contributed by atoms with Gasteiger partial charge in [0.2, 0.25) is 0 Å². The predicted molar refractivity (Wildman–Crippen MR) is 80.4 cm³/mol. The molecule has 1 aliphatic rings. The van der Waals surface area contributed by atoms with Crippen LogP contribution >= 0.6 is 0 Å². The van der Waals surface area contributed by atoms with Crippen LogP contribution in [0.3, 0.4) is 0 Å². The van der Waals surface area contributed by atoms with Gasteiger partial charge in [-0.05, 0) is 25.2 Å². The molecule has 0 spiro atoms. The molecule has 11 heteroatoms. The molecule has 0 aliphatic heterocycles. The molecule has 5 atom stereocenters. The van der Waals surface area contributed by atoms with Gasteiger partial charge in [0.05, 0.1) is 37.4 Å². The molecule has 0 radical (unpaired) electrons. The van der Waals surface area contributed by atoms with Crippen LogP contribution in [0, 0.1) is 11.8 Å². The van der Waals surface area contributed by atoms with Crippen molar-refractivity contribution < 1.29 is 40.5 Å². The average molecular weight is 376 g/mol. The van der Waals surface area contributed by atoms with Gasteiger partial charge in [-0.2, -0.15) is 16.8 Å². The number of aliphatic hydroxyl groups is 3. The van der Waals surface area contributed by atoms with Crippen molar-refractivity contribution in [1.29, 1.82) is 0 Å². The Morgan fingerprint density at radius 2 is 1.48 bits per heavy atom. The van der Waals surface area contributed by atoms with Gasteiger partial charge in [-0.1, -0.05) is 0 Å². The fourth-order valence-corrected chi connectivity index (χ4v) is 4.48. The third kappa shape index (κ3) is 6.61. The molecule has 0 saturated heterocycles. The molecule has 0 amide bonds. The lowest BCUT2D eigenvalue weighted by Gasteiger charge is -2.43. The van der Waals surface area contributed by atoms with E-state index in [1.54, 1.807) is 0 Å². The van der Waals surface area contributed by atoms with E-state index in [9.17, 15) is 32.2 Å². The van der Waals surface area contributed by atoms with E-state index in [4.69, 9.17) is 8.37 Å². The Bertz CT molecular complexity index is 571. The summed E-state index contributed by atoms with van der Waals surface area (Å²) in [7, 11) is -7.57. The summed E-state index contributed by atoms with van der Waals surface area (Å²) < 4.78 is 55.5. The summed E-state index contributed by atoms with van der Waals surface area (Å²) >= 11 is 0. The van der Waals surface area contributed by atoms with E-state index >= 15 is 0 Å². The van der Waals surface area contributed by atoms with Crippen molar-refractivity contribution in [3.8, 4) is 0 Å². The van der Waals surface area contributed by atoms with Crippen molar-refractivity contribution in [1.82, 2.24) is 0 Å². The lowest BCUT2D eigenvalue weighted by molar-refractivity contribution is -0.0903. The Hall–Kier alpha value is -0.300. The van der Waals surface area contributed by atoms with E-state index in [2.05, 4.69) is 0 Å². The third-order valence-electron chi connectivity index (χ3n) is 3.83. The van der Waals surface area contributed by atoms with E-state index in [1.165, 1.54) is 0 Å². The highest BCUT2D eigenvalue weighted by molar-refractivity contribution is 7.86. The van der Waals surface area contributed by atoms with Gasteiger partial charge in [-0.25, -0.2) is 0 Å². The SMILES string of the molecule is CS(=O)(=O)OC1CCC(OS(C)(=O)=O)C(C(O)CO)C1CCO. The summed E-state index contributed by atoms with van der Waals surface area (Å²) in [5.41, 5.74) is 0. The predicted octanol–water partition coefficient (Wildman–Crippen LogP) is -1.56. The Kier molecular flexibility index (Phi) is 7.38. The monoisotopic (exact) mass is 376 g/mol. The summed E-state index contributed by atoms with van der Waals surface area (Å²) in [6.07, 6.45) is -0.931. The molecule has 23 heavy (non-hydrogen) atoms. The Morgan fingerprint density at radius 1 is 1.00 bits per heavy atom. The van der Waals surface area contributed by atoms with Crippen molar-refractivity contribution in [2.75, 3.05) is 25.7 Å². The van der Waals surface area contributed by atoms with Crippen LogP contribution in [0.2, 0.25) is 0 Å². The Balaban J connectivity index is 3.12. The zero-order valence-electron chi connectivity index (χ0n) is 13.0. The molecule has 0 heterocycles. The maximum Gasteiger partial charge on any atom is 0.264 e. The molecular formula is C12H24O9S2. The molecule has 3 N–H and O–H groups in total. The summed E-state index contributed by atoms with van der Waals surface area (Å²) in [4.78, 5) is 0. The highest BCUT2D eigenvalue weighted by atomic mass is 32.2. The quantitative estimate of drug-likeness (QED) is 0.428. The van der Waals surface area contributed by atoms with Crippen LogP contribution in [-0.4, -0.2) is 76.2 Å². The second-order valence-corrected chi connectivity index (χ2v) is 8.96. The average Bonchev–Trinajstić information content (AvgIpc) is 2.38. The van der Waals surface area contributed by atoms with Crippen LogP contribution in [0.15, 0.2) is 0 Å². The van der Waals surface area contributed by atoms with Crippen molar-refractivity contribution in [2.24, 2.45) is 11.8 Å². The number of aliphatic hydroxyl groups excluding tert-OH is 3. The van der Waals surface area contributed by atoms with Gasteiger partial charge in [0.25, 0.3) is 20.2 Å². The van der Waals surface area contributed by atoms with Gasteiger partial charge in [0, 0.05) is 12.5 Å². The topological polar surface area (TPSA) is 147 Å². The third-order valence-corrected chi connectivity index (χ3v) is 5.02. The summed E-state index contributed by atoms with van der Waals surface area (Å²) in [6.45, 7) is -0.962. The Morgan fingerprint density at radius 3 is 1.91 bits per heavy atom. The Labute approximate surface area is 136 Å². The first-order valence-electron chi connectivity index (χ1n) is 7.14. The van der Waals surface area contributed by atoms with Crippen molar-refractivity contribution in [3.63, 3.8) is 0 Å². The molecule has 5 unspecified atom stereocenters. The fourth-order valence-electron chi connectivity index (χ4n) is 3.12. The molecule has 1 aliphatic carbocycles. The van der Waals surface area contributed by atoms with Crippen molar-refractivity contribution in [3.05, 3.63) is 0 Å². The van der Waals surface area contributed by atoms with Crippen LogP contribution in [0.4, 0.5) is 0 Å². The van der Waals surface area contributed by atoms with Crippen molar-refractivity contribution in [2.45, 2.75) is 37.6 Å². The molecule has 0 bridgehead atoms. The number of hydrogen-bond acceptors (Lipinski definition) is 9. The summed E-state index contributed by atoms with van der Waals surface area (Å²) in [5, 5.41) is 28.5. The van der Waals surface area contributed by atoms with Gasteiger partial charge in [0.1, 0.15) is 0 Å². The smallest absolute Gasteiger partial charge is 0.264 e. The van der Waals surface area contributed by atoms with Crippen LogP contribution in [0.1, 0.15) is 19.3 Å². The molecule has 0 aromatic carbocycles. The zero-order chi connectivity index (χ0) is 17.8. The first-order chi connectivity index (χ1) is 10.5. The molecule has 1 fully saturated rings. The molecule has 138 valence electrons. The number of hydrogen-bond donors (Lipinski definition) is 3. The van der Waals surface area contributed by atoms with E-state index in [0.717, 1.165) is 12.5 Å². The largest absolute Gasteiger partial charge is 0.396 e. The van der Waals surface area contributed by atoms with Gasteiger partial charge < -0.3 is 15.3 Å². The molecule has 9 nitrogen and oxygen atoms in total. The minimum atomic E-state index is -3.80. The van der Waals surface area contributed by atoms with Gasteiger partial charge >= 0.3 is 0 Å². The van der Waals surface area contributed by atoms with Crippen molar-refractivity contribution >= 4 is 20.2 Å². The summed E-state index contributed by atoms with van der Waals surface area (Å²) in [5.74, 6) is -1.57. The van der Waals surface area contributed by atoms with Gasteiger partial charge in [0.15, 0.2) is 0 Å². The molecule has 1 rings (SSSR count). The second-order valence-electron chi connectivity index (χ2n) is 5.76. The van der Waals surface area contributed by atoms with Gasteiger partial charge in [-0.15, -0.1) is 0 Å². The highest BCUT2D eigenvalue weighted by Gasteiger charge is 2.46. The molecule has 0 aromatic heterocycles. The standard InChI is InChI=1S/C12H24O9S2/c1-22(16,17)20-10-3-4-11(21-23(2,18)19)12(9(15)7-14)8(10)5-6-13/h8-15H,3-7H2,1-2H3. The summed E-state index contributed by atoms with van der Waals surface area (Å²) in [6, 6.07) is 0. The number of rotatable bonds is 8. The first kappa shape index (κ1) is 20.7. The van der Waals surface area contributed by atoms with E-state index < -0.39 is 57.0 Å². The molecule has 1 saturated carbocycles. The second kappa shape index (κ2) is 8.19. The highest BCUT2D eigenvalue weighted by Crippen LogP contribution is 2.39. The normalized spacial score (nSPS) is 31.0. The molecule has 0 aromatic rings. The minimum absolute atomic E-state index is 0.0749. The lowest BCUT2D eigenvalue weighted by atomic mass is 9.71. The first-order valence-corrected chi connectivity index (χ1v) is 10.8. The minimum Gasteiger partial charge on any atom is -0.396 e. The maximum atomic E-state index is 11.4. The molecular weight excluding hydrogens is 352 g/mol. The van der Waals surface area contributed by atoms with Crippen LogP contribution < -0.4 is 0 Å². The van der Waals surface area contributed by atoms with Crippen LogP contribution in [0.5, 0.6) is 0 Å². The van der Waals surface area contributed by atoms with Crippen LogP contribution in [0.25, 0.3) is 0 Å². The van der Waals surface area contributed by atoms with E-state index in [-0.39, 0.29) is 25.9 Å². The lowest BCUT2D eigenvalue weighted by Crippen LogP contribution is -2.50. The van der Waals surface area contributed by atoms with E-state index in [0.29, 0.717) is 0 Å². The zero-order valence-corrected chi connectivity index (χ0v) is 14.7. The van der Waals surface area contributed by atoms with Crippen LogP contribution in [-0.2, 0) is 28.6 Å².